The Morgan fingerprint density at radius 1 is 0.875 bits per heavy atom. The van der Waals surface area contributed by atoms with Gasteiger partial charge in [-0.05, 0) is 86.0 Å². The summed E-state index contributed by atoms with van der Waals surface area (Å²) in [6, 6.07) is 17.8. The Balaban J connectivity index is 1.37. The van der Waals surface area contributed by atoms with Gasteiger partial charge in [0.25, 0.3) is 5.56 Å². The quantitative estimate of drug-likeness (QED) is 0.476. The lowest BCUT2D eigenvalue weighted by molar-refractivity contribution is 0.262. The average molecular weight is 428 g/mol. The highest BCUT2D eigenvalue weighted by Gasteiger charge is 2.06. The van der Waals surface area contributed by atoms with E-state index in [-0.39, 0.29) is 18.2 Å². The number of aryl methyl sites for hydroxylation is 3. The molecule has 0 fully saturated rings. The van der Waals surface area contributed by atoms with Gasteiger partial charge in [0.05, 0.1) is 5.69 Å². The molecule has 0 unspecified atom stereocenters. The maximum atomic E-state index is 12.3. The average Bonchev–Trinajstić information content (AvgIpc) is 2.72. The topological polar surface area (TPSA) is 84.7 Å². The van der Waals surface area contributed by atoms with Crippen LogP contribution in [0.3, 0.4) is 0 Å². The fraction of sp³-hybridized carbons (Fsp3) is 0.160. The third kappa shape index (κ3) is 5.13. The maximum absolute atomic E-state index is 12.3. The normalized spacial score (nSPS) is 10.7. The molecule has 0 bridgehead atoms. The van der Waals surface area contributed by atoms with E-state index >= 15 is 0 Å². The number of amides is 2. The van der Waals surface area contributed by atoms with Gasteiger partial charge in [0.15, 0.2) is 0 Å². The number of urea groups is 1. The predicted octanol–water partition coefficient (Wildman–Crippen LogP) is 4.84. The van der Waals surface area contributed by atoms with Gasteiger partial charge in [0.2, 0.25) is 0 Å². The van der Waals surface area contributed by atoms with Crippen molar-refractivity contribution in [2.45, 2.75) is 27.4 Å². The third-order valence-corrected chi connectivity index (χ3v) is 4.85. The van der Waals surface area contributed by atoms with Crippen molar-refractivity contribution in [3.8, 4) is 5.75 Å². The van der Waals surface area contributed by atoms with Gasteiger partial charge in [-0.3, -0.25) is 9.20 Å². The summed E-state index contributed by atoms with van der Waals surface area (Å²) in [5, 5.41) is 5.64. The van der Waals surface area contributed by atoms with Crippen LogP contribution in [0.4, 0.5) is 16.2 Å². The minimum Gasteiger partial charge on any atom is -0.487 e. The van der Waals surface area contributed by atoms with Crippen molar-refractivity contribution in [3.63, 3.8) is 0 Å². The number of carbonyl (C=O) groups is 1. The summed E-state index contributed by atoms with van der Waals surface area (Å²) in [5.41, 5.74) is 5.57. The van der Waals surface area contributed by atoms with Crippen LogP contribution in [0.5, 0.6) is 5.75 Å². The minimum absolute atomic E-state index is 0.150. The fourth-order valence-corrected chi connectivity index (χ4v) is 3.46. The first-order chi connectivity index (χ1) is 15.4. The van der Waals surface area contributed by atoms with E-state index in [1.807, 2.05) is 51.1 Å². The number of nitrogens with zero attached hydrogens (tertiary/aromatic N) is 2. The number of hydrogen-bond donors (Lipinski definition) is 2. The molecule has 0 aliphatic heterocycles. The van der Waals surface area contributed by atoms with Gasteiger partial charge in [-0.25, -0.2) is 9.78 Å². The molecule has 2 amide bonds. The number of rotatable bonds is 5. The summed E-state index contributed by atoms with van der Waals surface area (Å²) in [6.07, 6.45) is 1.71. The molecule has 2 aromatic heterocycles. The molecule has 0 saturated heterocycles. The molecule has 0 saturated carbocycles. The van der Waals surface area contributed by atoms with Crippen molar-refractivity contribution in [3.05, 3.63) is 99.6 Å². The maximum Gasteiger partial charge on any atom is 0.323 e. The molecule has 2 heterocycles. The zero-order valence-electron chi connectivity index (χ0n) is 18.2. The summed E-state index contributed by atoms with van der Waals surface area (Å²) in [5.74, 6) is 0.608. The standard InChI is InChI=1S/C25H24N4O3/c1-16-8-9-29-23(13-16)26-21(14-24(29)30)15-32-22-6-4-19(5-7-22)27-25(31)28-20-11-17(2)10-18(3)12-20/h4-14H,15H2,1-3H3,(H2,27,28,31). The molecular formula is C25H24N4O3. The molecule has 0 aliphatic rings. The van der Waals surface area contributed by atoms with Crippen molar-refractivity contribution in [2.24, 2.45) is 0 Å². The first kappa shape index (κ1) is 21.1. The van der Waals surface area contributed by atoms with Crippen molar-refractivity contribution in [1.29, 1.82) is 0 Å². The van der Waals surface area contributed by atoms with Gasteiger partial charge >= 0.3 is 6.03 Å². The second kappa shape index (κ2) is 8.93. The van der Waals surface area contributed by atoms with E-state index in [0.717, 1.165) is 22.4 Å². The highest BCUT2D eigenvalue weighted by molar-refractivity contribution is 5.99. The van der Waals surface area contributed by atoms with Crippen LogP contribution in [0.25, 0.3) is 5.65 Å². The number of ether oxygens (including phenoxy) is 1. The predicted molar refractivity (Wildman–Crippen MR) is 126 cm³/mol. The van der Waals surface area contributed by atoms with Crippen LogP contribution in [0.1, 0.15) is 22.4 Å². The first-order valence-electron chi connectivity index (χ1n) is 10.2. The Bertz CT molecular complexity index is 1320. The molecule has 4 aromatic rings. The number of benzene rings is 2. The molecule has 0 radical (unpaired) electrons. The molecule has 32 heavy (non-hydrogen) atoms. The second-order valence-corrected chi connectivity index (χ2v) is 7.79. The minimum atomic E-state index is -0.320. The van der Waals surface area contributed by atoms with E-state index in [9.17, 15) is 9.59 Å². The lowest BCUT2D eigenvalue weighted by atomic mass is 10.1. The van der Waals surface area contributed by atoms with Crippen molar-refractivity contribution >= 4 is 23.1 Å². The lowest BCUT2D eigenvalue weighted by Gasteiger charge is -2.10. The van der Waals surface area contributed by atoms with E-state index in [4.69, 9.17) is 4.74 Å². The number of fused-ring (bicyclic) bond motifs is 1. The molecule has 0 atom stereocenters. The van der Waals surface area contributed by atoms with Crippen LogP contribution in [-0.4, -0.2) is 15.4 Å². The molecule has 0 aliphatic carbocycles. The number of aromatic nitrogens is 2. The zero-order valence-corrected chi connectivity index (χ0v) is 18.2. The molecule has 2 aromatic carbocycles. The van der Waals surface area contributed by atoms with E-state index in [0.29, 0.717) is 22.8 Å². The highest BCUT2D eigenvalue weighted by atomic mass is 16.5. The Labute approximate surface area is 185 Å². The first-order valence-corrected chi connectivity index (χ1v) is 10.2. The SMILES string of the molecule is Cc1cc(C)cc(NC(=O)Nc2ccc(OCc3cc(=O)n4ccc(C)cc4n3)cc2)c1. The number of hydrogen-bond acceptors (Lipinski definition) is 4. The molecule has 162 valence electrons. The van der Waals surface area contributed by atoms with Gasteiger partial charge in [-0.1, -0.05) is 6.07 Å². The van der Waals surface area contributed by atoms with E-state index in [2.05, 4.69) is 15.6 Å². The smallest absolute Gasteiger partial charge is 0.323 e. The monoisotopic (exact) mass is 428 g/mol. The Morgan fingerprint density at radius 3 is 2.28 bits per heavy atom. The lowest BCUT2D eigenvalue weighted by Crippen LogP contribution is -2.19. The summed E-state index contributed by atoms with van der Waals surface area (Å²) in [4.78, 5) is 29.0. The van der Waals surface area contributed by atoms with Gasteiger partial charge in [-0.15, -0.1) is 0 Å². The largest absolute Gasteiger partial charge is 0.487 e. The van der Waals surface area contributed by atoms with E-state index in [1.165, 1.54) is 10.5 Å². The Morgan fingerprint density at radius 2 is 1.56 bits per heavy atom. The Kier molecular flexibility index (Phi) is 5.89. The van der Waals surface area contributed by atoms with Gasteiger partial charge < -0.3 is 15.4 Å². The van der Waals surface area contributed by atoms with E-state index in [1.54, 1.807) is 30.5 Å². The third-order valence-electron chi connectivity index (χ3n) is 4.85. The van der Waals surface area contributed by atoms with Crippen LogP contribution < -0.4 is 20.9 Å². The Hall–Kier alpha value is -4.13. The molecule has 7 nitrogen and oxygen atoms in total. The van der Waals surface area contributed by atoms with Crippen molar-refractivity contribution in [1.82, 2.24) is 9.38 Å². The van der Waals surface area contributed by atoms with Gasteiger partial charge in [0, 0.05) is 23.6 Å². The van der Waals surface area contributed by atoms with Crippen LogP contribution >= 0.6 is 0 Å². The number of pyridine rings is 1. The zero-order chi connectivity index (χ0) is 22.7. The molecule has 7 heteroatoms. The second-order valence-electron chi connectivity index (χ2n) is 7.79. The van der Waals surface area contributed by atoms with Crippen molar-refractivity contribution < 1.29 is 9.53 Å². The number of carbonyl (C=O) groups excluding carboxylic acids is 1. The highest BCUT2D eigenvalue weighted by Crippen LogP contribution is 2.18. The van der Waals surface area contributed by atoms with Crippen LogP contribution in [0, 0.1) is 20.8 Å². The molecule has 2 N–H and O–H groups in total. The molecular weight excluding hydrogens is 404 g/mol. The summed E-state index contributed by atoms with van der Waals surface area (Å²) in [7, 11) is 0. The number of nitrogens with one attached hydrogen (secondary N) is 2. The summed E-state index contributed by atoms with van der Waals surface area (Å²) >= 11 is 0. The fourth-order valence-electron chi connectivity index (χ4n) is 3.46. The van der Waals surface area contributed by atoms with E-state index < -0.39 is 0 Å². The number of anilines is 2. The summed E-state index contributed by atoms with van der Waals surface area (Å²) in [6.45, 7) is 6.09. The van der Waals surface area contributed by atoms with Crippen molar-refractivity contribution in [2.75, 3.05) is 10.6 Å². The van der Waals surface area contributed by atoms with Gasteiger partial charge in [-0.2, -0.15) is 0 Å². The van der Waals surface area contributed by atoms with Crippen LogP contribution in [0.2, 0.25) is 0 Å². The van der Waals surface area contributed by atoms with Gasteiger partial charge in [0.1, 0.15) is 18.0 Å². The summed E-state index contributed by atoms with van der Waals surface area (Å²) < 4.78 is 7.27. The van der Waals surface area contributed by atoms with Crippen LogP contribution in [-0.2, 0) is 6.61 Å². The molecule has 0 spiro atoms. The van der Waals surface area contributed by atoms with Crippen LogP contribution in [0.15, 0.2) is 71.7 Å². The molecule has 4 rings (SSSR count).